The number of halogens is 1. The zero-order valence-electron chi connectivity index (χ0n) is 21.2. The molecular formula is C26H28ClN9O3. The number of nitrogens with zero attached hydrogens (tertiary/aromatic N) is 7. The van der Waals surface area contributed by atoms with Crippen LogP contribution in [0.4, 0.5) is 11.8 Å². The van der Waals surface area contributed by atoms with Crippen molar-refractivity contribution in [2.24, 2.45) is 0 Å². The molecule has 0 bridgehead atoms. The van der Waals surface area contributed by atoms with Crippen molar-refractivity contribution in [3.63, 3.8) is 0 Å². The molecule has 12 nitrogen and oxygen atoms in total. The van der Waals surface area contributed by atoms with E-state index in [0.717, 1.165) is 19.6 Å². The van der Waals surface area contributed by atoms with E-state index in [9.17, 15) is 9.59 Å². The van der Waals surface area contributed by atoms with Crippen LogP contribution in [-0.2, 0) is 4.79 Å². The van der Waals surface area contributed by atoms with E-state index in [1.165, 1.54) is 25.6 Å². The fourth-order valence-electron chi connectivity index (χ4n) is 5.21. The predicted molar refractivity (Wildman–Crippen MR) is 146 cm³/mol. The van der Waals surface area contributed by atoms with Crippen molar-refractivity contribution in [2.75, 3.05) is 43.8 Å². The summed E-state index contributed by atoms with van der Waals surface area (Å²) in [5.74, 6) is -0.467. The molecule has 202 valence electrons. The first kappa shape index (κ1) is 25.3. The summed E-state index contributed by atoms with van der Waals surface area (Å²) in [6, 6.07) is 4.82. The van der Waals surface area contributed by atoms with Crippen LogP contribution in [-0.4, -0.2) is 79.1 Å². The number of likely N-dealkylation sites (tertiary alicyclic amines) is 2. The zero-order chi connectivity index (χ0) is 26.9. The van der Waals surface area contributed by atoms with Gasteiger partial charge < -0.3 is 15.1 Å². The van der Waals surface area contributed by atoms with Crippen LogP contribution in [0, 0.1) is 0 Å². The van der Waals surface area contributed by atoms with Crippen LogP contribution in [0.3, 0.4) is 0 Å². The molecule has 1 unspecified atom stereocenters. The lowest BCUT2D eigenvalue weighted by Gasteiger charge is -2.24. The van der Waals surface area contributed by atoms with Gasteiger partial charge in [-0.2, -0.15) is 10.1 Å². The monoisotopic (exact) mass is 549 g/mol. The minimum atomic E-state index is -0.565. The van der Waals surface area contributed by atoms with Crippen LogP contribution < -0.4 is 11.1 Å². The van der Waals surface area contributed by atoms with Crippen LogP contribution in [0.25, 0.3) is 22.1 Å². The lowest BCUT2D eigenvalue weighted by atomic mass is 10.1. The molecule has 2 saturated heterocycles. The van der Waals surface area contributed by atoms with Crippen molar-refractivity contribution in [3.05, 3.63) is 47.4 Å². The first-order valence-electron chi connectivity index (χ1n) is 13.0. The molecule has 3 aromatic heterocycles. The maximum Gasteiger partial charge on any atom is 0.302 e. The molecule has 39 heavy (non-hydrogen) atoms. The largest absolute Gasteiger partial charge is 0.423 e. The standard InChI is InChI=1S/C26H28ClN9O3/c27-16-6-7-19-18(13-16)31-26(39-19)32-25(38)22-21-23(28)29-15-30-24(21)36(33-22)17-8-12-35(14-17)20(37)5-4-11-34-9-2-1-3-10-34/h4-7,13,15,17H,1-3,8-12,14H2,(H2,28,29,30)(H,31,32,38)/b5-4+. The molecule has 1 aromatic carbocycles. The smallest absolute Gasteiger partial charge is 0.302 e. The number of amides is 2. The average molecular weight is 550 g/mol. The third-order valence-electron chi connectivity index (χ3n) is 7.20. The summed E-state index contributed by atoms with van der Waals surface area (Å²) in [5.41, 5.74) is 7.62. The molecule has 2 amide bonds. The Labute approximate surface area is 228 Å². The first-order valence-corrected chi connectivity index (χ1v) is 13.4. The van der Waals surface area contributed by atoms with Crippen LogP contribution in [0.15, 0.2) is 41.1 Å². The van der Waals surface area contributed by atoms with Gasteiger partial charge in [0.05, 0.1) is 11.4 Å². The molecule has 13 heteroatoms. The van der Waals surface area contributed by atoms with E-state index in [1.54, 1.807) is 33.9 Å². The Hall–Kier alpha value is -4.03. The molecular weight excluding hydrogens is 522 g/mol. The number of hydrogen-bond acceptors (Lipinski definition) is 9. The van der Waals surface area contributed by atoms with Crippen molar-refractivity contribution in [2.45, 2.75) is 31.7 Å². The number of nitrogens with one attached hydrogen (secondary N) is 1. The van der Waals surface area contributed by atoms with E-state index in [-0.39, 0.29) is 29.5 Å². The van der Waals surface area contributed by atoms with Gasteiger partial charge in [-0.25, -0.2) is 14.6 Å². The Morgan fingerprint density at radius 2 is 2.03 bits per heavy atom. The van der Waals surface area contributed by atoms with E-state index in [1.807, 2.05) is 6.08 Å². The van der Waals surface area contributed by atoms with Crippen molar-refractivity contribution < 1.29 is 14.0 Å². The highest BCUT2D eigenvalue weighted by atomic mass is 35.5. The molecule has 0 saturated carbocycles. The number of oxazole rings is 1. The SMILES string of the molecule is Nc1ncnc2c1c(C(=O)Nc1nc3cc(Cl)ccc3o1)nn2C1CCN(C(=O)/C=C/CN2CCCCC2)C1. The van der Waals surface area contributed by atoms with Gasteiger partial charge in [-0.1, -0.05) is 24.1 Å². The number of carbonyl (C=O) groups excluding carboxylic acids is 2. The minimum Gasteiger partial charge on any atom is -0.423 e. The molecule has 0 radical (unpaired) electrons. The molecule has 4 aromatic rings. The normalized spacial score (nSPS) is 18.5. The lowest BCUT2D eigenvalue weighted by molar-refractivity contribution is -0.125. The molecule has 3 N–H and O–H groups in total. The highest BCUT2D eigenvalue weighted by Crippen LogP contribution is 2.30. The summed E-state index contributed by atoms with van der Waals surface area (Å²) in [6.45, 7) is 3.97. The van der Waals surface area contributed by atoms with Crippen LogP contribution in [0.1, 0.15) is 42.2 Å². The lowest BCUT2D eigenvalue weighted by Crippen LogP contribution is -2.30. The maximum atomic E-state index is 13.3. The van der Waals surface area contributed by atoms with Crippen molar-refractivity contribution in [1.29, 1.82) is 0 Å². The van der Waals surface area contributed by atoms with Crippen molar-refractivity contribution >= 4 is 57.4 Å². The molecule has 2 aliphatic heterocycles. The Morgan fingerprint density at radius 3 is 2.87 bits per heavy atom. The van der Waals surface area contributed by atoms with E-state index in [0.29, 0.717) is 46.7 Å². The average Bonchev–Trinajstić information content (AvgIpc) is 3.66. The third-order valence-corrected chi connectivity index (χ3v) is 7.43. The van der Waals surface area contributed by atoms with Gasteiger partial charge in [0.1, 0.15) is 17.7 Å². The summed E-state index contributed by atoms with van der Waals surface area (Å²) in [7, 11) is 0. The van der Waals surface area contributed by atoms with Gasteiger partial charge in [-0.15, -0.1) is 0 Å². The van der Waals surface area contributed by atoms with Gasteiger partial charge in [0.15, 0.2) is 16.9 Å². The highest BCUT2D eigenvalue weighted by Gasteiger charge is 2.31. The van der Waals surface area contributed by atoms with Crippen molar-refractivity contribution in [3.8, 4) is 0 Å². The second-order valence-corrected chi connectivity index (χ2v) is 10.3. The number of aromatic nitrogens is 5. The van der Waals surface area contributed by atoms with Crippen LogP contribution in [0.2, 0.25) is 5.02 Å². The fourth-order valence-corrected chi connectivity index (χ4v) is 5.38. The number of anilines is 2. The van der Waals surface area contributed by atoms with E-state index < -0.39 is 5.91 Å². The second-order valence-electron chi connectivity index (χ2n) is 9.83. The zero-order valence-corrected chi connectivity index (χ0v) is 22.0. The number of nitrogens with two attached hydrogens (primary N) is 1. The van der Waals surface area contributed by atoms with Gasteiger partial charge in [0.25, 0.3) is 5.91 Å². The summed E-state index contributed by atoms with van der Waals surface area (Å²) in [6.07, 6.45) is 9.31. The number of benzene rings is 1. The highest BCUT2D eigenvalue weighted by molar-refractivity contribution is 6.31. The van der Waals surface area contributed by atoms with Crippen LogP contribution >= 0.6 is 11.6 Å². The number of nitrogen functional groups attached to an aromatic ring is 1. The van der Waals surface area contributed by atoms with Gasteiger partial charge in [0, 0.05) is 30.7 Å². The Balaban J connectivity index is 1.19. The molecule has 5 heterocycles. The molecule has 0 aliphatic carbocycles. The Morgan fingerprint density at radius 1 is 1.18 bits per heavy atom. The number of carbonyl (C=O) groups is 2. The van der Waals surface area contributed by atoms with Gasteiger partial charge >= 0.3 is 6.01 Å². The van der Waals surface area contributed by atoms with Crippen molar-refractivity contribution in [1.82, 2.24) is 34.5 Å². The Bertz CT molecular complexity index is 1570. The predicted octanol–water partition coefficient (Wildman–Crippen LogP) is 3.27. The number of piperidine rings is 1. The molecule has 6 rings (SSSR count). The van der Waals surface area contributed by atoms with E-state index in [2.05, 4.69) is 30.3 Å². The topological polar surface area (TPSA) is 148 Å². The van der Waals surface area contributed by atoms with Gasteiger partial charge in [-0.3, -0.25) is 19.8 Å². The molecule has 0 spiro atoms. The minimum absolute atomic E-state index is 0.00404. The van der Waals surface area contributed by atoms with Gasteiger partial charge in [-0.05, 0) is 50.6 Å². The Kier molecular flexibility index (Phi) is 6.88. The number of fused-ring (bicyclic) bond motifs is 2. The second kappa shape index (κ2) is 10.6. The fraction of sp³-hybridized carbons (Fsp3) is 0.385. The third kappa shape index (κ3) is 5.17. The number of hydrogen-bond donors (Lipinski definition) is 2. The van der Waals surface area contributed by atoms with Gasteiger partial charge in [0.2, 0.25) is 5.91 Å². The maximum absolute atomic E-state index is 13.3. The molecule has 2 aliphatic rings. The van der Waals surface area contributed by atoms with E-state index in [4.69, 9.17) is 21.8 Å². The summed E-state index contributed by atoms with van der Waals surface area (Å²) in [5, 5.41) is 8.06. The van der Waals surface area contributed by atoms with Crippen LogP contribution in [0.5, 0.6) is 0 Å². The molecule has 1 atom stereocenters. The summed E-state index contributed by atoms with van der Waals surface area (Å²) < 4.78 is 7.29. The quantitative estimate of drug-likeness (QED) is 0.345. The number of rotatable bonds is 6. The van der Waals surface area contributed by atoms with E-state index >= 15 is 0 Å². The molecule has 2 fully saturated rings. The summed E-state index contributed by atoms with van der Waals surface area (Å²) in [4.78, 5) is 43.0. The first-order chi connectivity index (χ1) is 19.0. The summed E-state index contributed by atoms with van der Waals surface area (Å²) >= 11 is 6.02.